The van der Waals surface area contributed by atoms with E-state index in [-0.39, 0.29) is 0 Å². The number of rotatable bonds is 3. The largest absolute Gasteiger partial charge is 0.386 e. The van der Waals surface area contributed by atoms with E-state index in [4.69, 9.17) is 4.74 Å². The second kappa shape index (κ2) is 4.74. The van der Waals surface area contributed by atoms with Crippen molar-refractivity contribution in [3.8, 4) is 0 Å². The SMILES string of the molecule is COCC(O)c1cccc(C)c1Br. The summed E-state index contributed by atoms with van der Waals surface area (Å²) in [7, 11) is 1.58. The van der Waals surface area contributed by atoms with Crippen LogP contribution in [-0.2, 0) is 4.74 Å². The maximum Gasteiger partial charge on any atom is 0.103 e. The van der Waals surface area contributed by atoms with Gasteiger partial charge in [0, 0.05) is 11.6 Å². The molecule has 0 spiro atoms. The van der Waals surface area contributed by atoms with Crippen molar-refractivity contribution in [3.63, 3.8) is 0 Å². The third-order valence-electron chi connectivity index (χ3n) is 1.91. The van der Waals surface area contributed by atoms with Crippen LogP contribution in [0.25, 0.3) is 0 Å². The molecule has 0 bridgehead atoms. The molecule has 0 heterocycles. The third-order valence-corrected chi connectivity index (χ3v) is 2.99. The summed E-state index contributed by atoms with van der Waals surface area (Å²) >= 11 is 3.44. The number of aliphatic hydroxyl groups excluding tert-OH is 1. The summed E-state index contributed by atoms with van der Waals surface area (Å²) in [6.07, 6.45) is -0.556. The van der Waals surface area contributed by atoms with Crippen LogP contribution in [-0.4, -0.2) is 18.8 Å². The van der Waals surface area contributed by atoms with Gasteiger partial charge in [-0.15, -0.1) is 0 Å². The Morgan fingerprint density at radius 1 is 1.54 bits per heavy atom. The van der Waals surface area contributed by atoms with Crippen LogP contribution < -0.4 is 0 Å². The summed E-state index contributed by atoms with van der Waals surface area (Å²) in [5, 5.41) is 9.67. The third kappa shape index (κ3) is 2.53. The normalized spacial score (nSPS) is 12.9. The molecule has 1 aromatic carbocycles. The number of hydrogen-bond acceptors (Lipinski definition) is 2. The van der Waals surface area contributed by atoms with Crippen LogP contribution in [0.15, 0.2) is 22.7 Å². The van der Waals surface area contributed by atoms with Gasteiger partial charge in [-0.2, -0.15) is 0 Å². The quantitative estimate of drug-likeness (QED) is 0.886. The summed E-state index contributed by atoms with van der Waals surface area (Å²) in [5.41, 5.74) is 1.99. The van der Waals surface area contributed by atoms with Crippen molar-refractivity contribution < 1.29 is 9.84 Å². The zero-order chi connectivity index (χ0) is 9.84. The zero-order valence-electron chi connectivity index (χ0n) is 7.75. The fraction of sp³-hybridized carbons (Fsp3) is 0.400. The molecule has 0 aliphatic heterocycles. The van der Waals surface area contributed by atoms with Crippen LogP contribution in [0.2, 0.25) is 0 Å². The average molecular weight is 245 g/mol. The van der Waals surface area contributed by atoms with E-state index in [2.05, 4.69) is 15.9 Å². The van der Waals surface area contributed by atoms with Gasteiger partial charge < -0.3 is 9.84 Å². The second-order valence-corrected chi connectivity index (χ2v) is 3.74. The highest BCUT2D eigenvalue weighted by Gasteiger charge is 2.11. The minimum atomic E-state index is -0.556. The van der Waals surface area contributed by atoms with Gasteiger partial charge in [0.25, 0.3) is 0 Å². The van der Waals surface area contributed by atoms with Crippen molar-refractivity contribution in [1.82, 2.24) is 0 Å². The Morgan fingerprint density at radius 3 is 2.85 bits per heavy atom. The van der Waals surface area contributed by atoms with Gasteiger partial charge in [-0.05, 0) is 18.1 Å². The van der Waals surface area contributed by atoms with Gasteiger partial charge in [0.05, 0.1) is 6.61 Å². The number of methoxy groups -OCH3 is 1. The molecule has 0 aliphatic carbocycles. The molecule has 3 heteroatoms. The smallest absolute Gasteiger partial charge is 0.103 e. The van der Waals surface area contributed by atoms with E-state index < -0.39 is 6.10 Å². The number of benzene rings is 1. The molecule has 0 aromatic heterocycles. The van der Waals surface area contributed by atoms with Crippen LogP contribution in [0.1, 0.15) is 17.2 Å². The first kappa shape index (κ1) is 10.7. The van der Waals surface area contributed by atoms with E-state index >= 15 is 0 Å². The summed E-state index contributed by atoms with van der Waals surface area (Å²) in [6.45, 7) is 2.31. The summed E-state index contributed by atoms with van der Waals surface area (Å²) in [4.78, 5) is 0. The first-order valence-electron chi connectivity index (χ1n) is 4.09. The lowest BCUT2D eigenvalue weighted by atomic mass is 10.1. The van der Waals surface area contributed by atoms with Crippen molar-refractivity contribution >= 4 is 15.9 Å². The molecule has 1 atom stereocenters. The summed E-state index contributed by atoms with van der Waals surface area (Å²) in [6, 6.07) is 5.81. The van der Waals surface area contributed by atoms with Crippen molar-refractivity contribution in [3.05, 3.63) is 33.8 Å². The van der Waals surface area contributed by atoms with Crippen LogP contribution in [0.5, 0.6) is 0 Å². The standard InChI is InChI=1S/C10H13BrO2/c1-7-4-3-5-8(10(7)11)9(12)6-13-2/h3-5,9,12H,6H2,1-2H3. The lowest BCUT2D eigenvalue weighted by Gasteiger charge is -2.12. The molecule has 0 saturated heterocycles. The first-order chi connectivity index (χ1) is 6.16. The maximum absolute atomic E-state index is 9.67. The molecule has 1 N–H and O–H groups in total. The molecule has 1 unspecified atom stereocenters. The molecule has 0 aliphatic rings. The molecule has 72 valence electrons. The molecule has 1 rings (SSSR count). The van der Waals surface area contributed by atoms with E-state index in [1.807, 2.05) is 25.1 Å². The molecule has 0 fully saturated rings. The highest BCUT2D eigenvalue weighted by molar-refractivity contribution is 9.10. The average Bonchev–Trinajstić information content (AvgIpc) is 2.10. The highest BCUT2D eigenvalue weighted by Crippen LogP contribution is 2.26. The molecule has 0 saturated carbocycles. The zero-order valence-corrected chi connectivity index (χ0v) is 9.34. The van der Waals surface area contributed by atoms with Crippen molar-refractivity contribution in [2.75, 3.05) is 13.7 Å². The molecular formula is C10H13BrO2. The van der Waals surface area contributed by atoms with Gasteiger partial charge >= 0.3 is 0 Å². The summed E-state index contributed by atoms with van der Waals surface area (Å²) < 4.78 is 5.84. The Labute approximate surface area is 86.7 Å². The molecule has 2 nitrogen and oxygen atoms in total. The molecular weight excluding hydrogens is 232 g/mol. The van der Waals surface area contributed by atoms with Gasteiger partial charge in [-0.1, -0.05) is 34.1 Å². The second-order valence-electron chi connectivity index (χ2n) is 2.95. The fourth-order valence-corrected chi connectivity index (χ4v) is 1.70. The Hall–Kier alpha value is -0.380. The van der Waals surface area contributed by atoms with E-state index in [1.165, 1.54) is 0 Å². The van der Waals surface area contributed by atoms with Crippen molar-refractivity contribution in [2.45, 2.75) is 13.0 Å². The van der Waals surface area contributed by atoms with E-state index in [0.29, 0.717) is 6.61 Å². The first-order valence-corrected chi connectivity index (χ1v) is 4.88. The Kier molecular flexibility index (Phi) is 3.90. The van der Waals surface area contributed by atoms with Crippen LogP contribution in [0.4, 0.5) is 0 Å². The lowest BCUT2D eigenvalue weighted by molar-refractivity contribution is 0.0639. The van der Waals surface area contributed by atoms with Crippen LogP contribution >= 0.6 is 15.9 Å². The Bertz CT molecular complexity index is 286. The molecule has 1 aromatic rings. The topological polar surface area (TPSA) is 29.5 Å². The minimum absolute atomic E-state index is 0.321. The highest BCUT2D eigenvalue weighted by atomic mass is 79.9. The fourth-order valence-electron chi connectivity index (χ4n) is 1.18. The predicted molar refractivity (Wildman–Crippen MR) is 55.7 cm³/mol. The van der Waals surface area contributed by atoms with Crippen LogP contribution in [0, 0.1) is 6.92 Å². The van der Waals surface area contributed by atoms with Crippen LogP contribution in [0.3, 0.4) is 0 Å². The monoisotopic (exact) mass is 244 g/mol. The lowest BCUT2D eigenvalue weighted by Crippen LogP contribution is -2.06. The Balaban J connectivity index is 2.93. The molecule has 0 radical (unpaired) electrons. The van der Waals surface area contributed by atoms with Gasteiger partial charge in [-0.25, -0.2) is 0 Å². The predicted octanol–water partition coefficient (Wildman–Crippen LogP) is 2.44. The minimum Gasteiger partial charge on any atom is -0.386 e. The van der Waals surface area contributed by atoms with E-state index in [1.54, 1.807) is 7.11 Å². The number of hydrogen-bond donors (Lipinski definition) is 1. The van der Waals surface area contributed by atoms with Gasteiger partial charge in [0.15, 0.2) is 0 Å². The van der Waals surface area contributed by atoms with Gasteiger partial charge in [0.1, 0.15) is 6.10 Å². The number of aryl methyl sites for hydroxylation is 1. The summed E-state index contributed by atoms with van der Waals surface area (Å²) in [5.74, 6) is 0. The van der Waals surface area contributed by atoms with E-state index in [0.717, 1.165) is 15.6 Å². The van der Waals surface area contributed by atoms with Gasteiger partial charge in [0.2, 0.25) is 0 Å². The number of aliphatic hydroxyl groups is 1. The number of ether oxygens (including phenoxy) is 1. The van der Waals surface area contributed by atoms with E-state index in [9.17, 15) is 5.11 Å². The van der Waals surface area contributed by atoms with Crippen molar-refractivity contribution in [2.24, 2.45) is 0 Å². The van der Waals surface area contributed by atoms with Gasteiger partial charge in [-0.3, -0.25) is 0 Å². The molecule has 0 amide bonds. The maximum atomic E-state index is 9.67. The number of halogens is 1. The Morgan fingerprint density at radius 2 is 2.23 bits per heavy atom. The van der Waals surface area contributed by atoms with Crippen molar-refractivity contribution in [1.29, 1.82) is 0 Å². The molecule has 13 heavy (non-hydrogen) atoms.